The fraction of sp³-hybridized carbons (Fsp3) is 0.278. The van der Waals surface area contributed by atoms with Crippen LogP contribution in [-0.4, -0.2) is 44.6 Å². The monoisotopic (exact) mass is 402 g/mol. The standard InChI is InChI=1S/C18H18N6O3.ClH/c25-24(26)15-5-1-3-13(9-15)18-21-17(27-22-18)12-23-8-7-20-11-16(23)14-4-2-6-19-10-14;/h1-6,9-10,16,20H,7-8,11-12H2;1H. The van der Waals surface area contributed by atoms with Gasteiger partial charge in [-0.1, -0.05) is 23.4 Å². The van der Waals surface area contributed by atoms with Crippen molar-refractivity contribution in [3.8, 4) is 11.4 Å². The lowest BCUT2D eigenvalue weighted by molar-refractivity contribution is -0.384. The molecule has 0 bridgehead atoms. The minimum atomic E-state index is -0.441. The third-order valence-corrected chi connectivity index (χ3v) is 4.55. The number of nitro benzene ring substituents is 1. The maximum absolute atomic E-state index is 10.9. The number of piperazine rings is 1. The Morgan fingerprint density at radius 2 is 2.21 bits per heavy atom. The van der Waals surface area contributed by atoms with Gasteiger partial charge in [0.1, 0.15) is 0 Å². The molecule has 0 saturated carbocycles. The Morgan fingerprint density at radius 1 is 1.32 bits per heavy atom. The first kappa shape index (κ1) is 19.9. The molecule has 10 heteroatoms. The molecule has 0 amide bonds. The highest BCUT2D eigenvalue weighted by Gasteiger charge is 2.26. The summed E-state index contributed by atoms with van der Waals surface area (Å²) in [4.78, 5) is 21.4. The summed E-state index contributed by atoms with van der Waals surface area (Å²) in [5, 5.41) is 18.3. The van der Waals surface area contributed by atoms with Crippen molar-refractivity contribution in [2.45, 2.75) is 12.6 Å². The molecule has 1 saturated heterocycles. The highest BCUT2D eigenvalue weighted by Crippen LogP contribution is 2.25. The molecule has 1 aliphatic heterocycles. The molecule has 1 atom stereocenters. The van der Waals surface area contributed by atoms with Gasteiger partial charge in [-0.05, 0) is 11.6 Å². The van der Waals surface area contributed by atoms with Gasteiger partial charge in [0.25, 0.3) is 5.69 Å². The average molecular weight is 403 g/mol. The number of nitro groups is 1. The molecule has 4 rings (SSSR count). The van der Waals surface area contributed by atoms with Crippen LogP contribution in [0.4, 0.5) is 5.69 Å². The topological polar surface area (TPSA) is 110 Å². The van der Waals surface area contributed by atoms with Crippen molar-refractivity contribution >= 4 is 18.1 Å². The number of nitrogens with zero attached hydrogens (tertiary/aromatic N) is 5. The van der Waals surface area contributed by atoms with Crippen molar-refractivity contribution in [3.05, 3.63) is 70.4 Å². The SMILES string of the molecule is Cl.O=[N+]([O-])c1cccc(-c2noc(CN3CCNCC3c3cccnc3)n2)c1. The van der Waals surface area contributed by atoms with Crippen molar-refractivity contribution < 1.29 is 9.45 Å². The smallest absolute Gasteiger partial charge is 0.270 e. The van der Waals surface area contributed by atoms with E-state index in [4.69, 9.17) is 4.52 Å². The predicted molar refractivity (Wildman–Crippen MR) is 104 cm³/mol. The van der Waals surface area contributed by atoms with E-state index in [1.54, 1.807) is 18.3 Å². The van der Waals surface area contributed by atoms with Gasteiger partial charge in [-0.3, -0.25) is 20.0 Å². The normalized spacial score (nSPS) is 17.1. The third kappa shape index (κ3) is 4.33. The number of pyridine rings is 1. The summed E-state index contributed by atoms with van der Waals surface area (Å²) in [5.41, 5.74) is 1.68. The number of non-ortho nitro benzene ring substituents is 1. The van der Waals surface area contributed by atoms with Crippen molar-refractivity contribution in [1.29, 1.82) is 0 Å². The second-order valence-corrected chi connectivity index (χ2v) is 6.30. The zero-order valence-corrected chi connectivity index (χ0v) is 15.7. The van der Waals surface area contributed by atoms with Crippen LogP contribution in [0.25, 0.3) is 11.4 Å². The third-order valence-electron chi connectivity index (χ3n) is 4.55. The van der Waals surface area contributed by atoms with Gasteiger partial charge in [-0.15, -0.1) is 12.4 Å². The van der Waals surface area contributed by atoms with E-state index in [1.807, 2.05) is 12.3 Å². The van der Waals surface area contributed by atoms with Crippen LogP contribution in [0.3, 0.4) is 0 Å². The quantitative estimate of drug-likeness (QED) is 0.512. The number of hydrogen-bond donors (Lipinski definition) is 1. The number of halogens is 1. The summed E-state index contributed by atoms with van der Waals surface area (Å²) in [5.74, 6) is 0.828. The molecule has 1 aromatic carbocycles. The Bertz CT molecular complexity index is 936. The fourth-order valence-corrected chi connectivity index (χ4v) is 3.21. The Balaban J connectivity index is 0.00000225. The second kappa shape index (κ2) is 8.87. The lowest BCUT2D eigenvalue weighted by atomic mass is 10.1. The molecule has 28 heavy (non-hydrogen) atoms. The number of benzene rings is 1. The molecule has 146 valence electrons. The predicted octanol–water partition coefficient (Wildman–Crippen LogP) is 2.61. The molecule has 2 aromatic heterocycles. The summed E-state index contributed by atoms with van der Waals surface area (Å²) in [6.07, 6.45) is 3.63. The average Bonchev–Trinajstić information content (AvgIpc) is 3.18. The van der Waals surface area contributed by atoms with Crippen LogP contribution in [-0.2, 0) is 6.54 Å². The van der Waals surface area contributed by atoms with Crippen LogP contribution < -0.4 is 5.32 Å². The molecule has 1 fully saturated rings. The van der Waals surface area contributed by atoms with E-state index in [9.17, 15) is 10.1 Å². The minimum absolute atomic E-state index is 0. The van der Waals surface area contributed by atoms with E-state index >= 15 is 0 Å². The largest absolute Gasteiger partial charge is 0.338 e. The van der Waals surface area contributed by atoms with E-state index in [0.717, 1.165) is 25.2 Å². The Kier molecular flexibility index (Phi) is 6.30. The van der Waals surface area contributed by atoms with E-state index in [2.05, 4.69) is 31.4 Å². The van der Waals surface area contributed by atoms with Gasteiger partial charge in [0, 0.05) is 55.8 Å². The molecular weight excluding hydrogens is 384 g/mol. The molecular formula is C18H19ClN6O3. The van der Waals surface area contributed by atoms with E-state index in [-0.39, 0.29) is 24.1 Å². The van der Waals surface area contributed by atoms with Crippen LogP contribution in [0, 0.1) is 10.1 Å². The molecule has 3 heterocycles. The van der Waals surface area contributed by atoms with Crippen LogP contribution in [0.2, 0.25) is 0 Å². The lowest BCUT2D eigenvalue weighted by Gasteiger charge is -2.35. The van der Waals surface area contributed by atoms with Gasteiger partial charge in [0.15, 0.2) is 0 Å². The second-order valence-electron chi connectivity index (χ2n) is 6.30. The maximum Gasteiger partial charge on any atom is 0.270 e. The summed E-state index contributed by atoms with van der Waals surface area (Å²) in [6, 6.07) is 10.4. The Morgan fingerprint density at radius 3 is 3.00 bits per heavy atom. The van der Waals surface area contributed by atoms with Gasteiger partial charge < -0.3 is 9.84 Å². The zero-order chi connectivity index (χ0) is 18.6. The molecule has 9 nitrogen and oxygen atoms in total. The number of nitrogens with one attached hydrogen (secondary N) is 1. The first-order chi connectivity index (χ1) is 13.2. The molecule has 0 radical (unpaired) electrons. The first-order valence-electron chi connectivity index (χ1n) is 8.63. The van der Waals surface area contributed by atoms with Gasteiger partial charge in [0.2, 0.25) is 11.7 Å². The Labute approximate surface area is 167 Å². The fourth-order valence-electron chi connectivity index (χ4n) is 3.21. The van der Waals surface area contributed by atoms with Crippen molar-refractivity contribution in [1.82, 2.24) is 25.3 Å². The van der Waals surface area contributed by atoms with Gasteiger partial charge in [0.05, 0.1) is 11.5 Å². The van der Waals surface area contributed by atoms with Gasteiger partial charge in [-0.25, -0.2) is 0 Å². The van der Waals surface area contributed by atoms with Crippen LogP contribution in [0.15, 0.2) is 53.3 Å². The van der Waals surface area contributed by atoms with E-state index < -0.39 is 4.92 Å². The number of aromatic nitrogens is 3. The van der Waals surface area contributed by atoms with Crippen molar-refractivity contribution in [2.24, 2.45) is 0 Å². The summed E-state index contributed by atoms with van der Waals surface area (Å²) in [6.45, 7) is 3.04. The van der Waals surface area contributed by atoms with Crippen molar-refractivity contribution in [2.75, 3.05) is 19.6 Å². The van der Waals surface area contributed by atoms with Crippen LogP contribution in [0.5, 0.6) is 0 Å². The molecule has 0 spiro atoms. The molecule has 3 aromatic rings. The van der Waals surface area contributed by atoms with Crippen LogP contribution in [0.1, 0.15) is 17.5 Å². The van der Waals surface area contributed by atoms with E-state index in [0.29, 0.717) is 23.8 Å². The number of hydrogen-bond acceptors (Lipinski definition) is 8. The summed E-state index contributed by atoms with van der Waals surface area (Å²) < 4.78 is 5.40. The molecule has 1 aliphatic rings. The highest BCUT2D eigenvalue weighted by molar-refractivity contribution is 5.85. The molecule has 0 aliphatic carbocycles. The van der Waals surface area contributed by atoms with Crippen LogP contribution >= 0.6 is 12.4 Å². The summed E-state index contributed by atoms with van der Waals surface area (Å²) in [7, 11) is 0. The lowest BCUT2D eigenvalue weighted by Crippen LogP contribution is -2.45. The van der Waals surface area contributed by atoms with Gasteiger partial charge >= 0.3 is 0 Å². The Hall–Kier alpha value is -2.88. The van der Waals surface area contributed by atoms with E-state index in [1.165, 1.54) is 12.1 Å². The summed E-state index contributed by atoms with van der Waals surface area (Å²) >= 11 is 0. The van der Waals surface area contributed by atoms with Crippen molar-refractivity contribution in [3.63, 3.8) is 0 Å². The minimum Gasteiger partial charge on any atom is -0.338 e. The first-order valence-corrected chi connectivity index (χ1v) is 8.63. The van der Waals surface area contributed by atoms with Gasteiger partial charge in [-0.2, -0.15) is 4.98 Å². The highest BCUT2D eigenvalue weighted by atomic mass is 35.5. The molecule has 1 N–H and O–H groups in total. The molecule has 1 unspecified atom stereocenters. The number of rotatable bonds is 5. The zero-order valence-electron chi connectivity index (χ0n) is 14.9. The maximum atomic E-state index is 10.9.